The molecule has 1 nitrogen and oxygen atoms in total. The van der Waals surface area contributed by atoms with Crippen molar-refractivity contribution < 1.29 is 4.79 Å². The summed E-state index contributed by atoms with van der Waals surface area (Å²) in [5.41, 5.74) is -0.192. The van der Waals surface area contributed by atoms with Crippen molar-refractivity contribution in [2.24, 2.45) is 5.41 Å². The maximum atomic E-state index is 11.4. The second-order valence-electron chi connectivity index (χ2n) is 3.88. The van der Waals surface area contributed by atoms with Gasteiger partial charge in [-0.3, -0.25) is 4.79 Å². The first kappa shape index (κ1) is 11.2. The van der Waals surface area contributed by atoms with Crippen LogP contribution in [-0.2, 0) is 4.79 Å². The minimum absolute atomic E-state index is 0.192. The van der Waals surface area contributed by atoms with Crippen LogP contribution in [0, 0.1) is 5.41 Å². The van der Waals surface area contributed by atoms with Gasteiger partial charge in [-0.2, -0.15) is 0 Å². The summed E-state index contributed by atoms with van der Waals surface area (Å²) >= 11 is 0. The van der Waals surface area contributed by atoms with E-state index in [2.05, 4.69) is 6.58 Å². The van der Waals surface area contributed by atoms with E-state index < -0.39 is 0 Å². The van der Waals surface area contributed by atoms with Gasteiger partial charge in [0.2, 0.25) is 0 Å². The summed E-state index contributed by atoms with van der Waals surface area (Å²) < 4.78 is 0. The number of carbonyl (C=O) groups excluding carboxylic acids is 1. The van der Waals surface area contributed by atoms with Crippen LogP contribution in [-0.4, -0.2) is 5.78 Å². The predicted molar refractivity (Wildman–Crippen MR) is 53.0 cm³/mol. The average Bonchev–Trinajstić information content (AvgIpc) is 1.96. The minimum Gasteiger partial charge on any atom is -0.299 e. The summed E-state index contributed by atoms with van der Waals surface area (Å²) in [5.74, 6) is 0.316. The van der Waals surface area contributed by atoms with E-state index in [0.717, 1.165) is 6.42 Å². The number of rotatable bonds is 4. The molecule has 12 heavy (non-hydrogen) atoms. The Morgan fingerprint density at radius 2 is 2.00 bits per heavy atom. The van der Waals surface area contributed by atoms with Crippen LogP contribution in [0.5, 0.6) is 0 Å². The third-order valence-electron chi connectivity index (χ3n) is 1.65. The Morgan fingerprint density at radius 3 is 2.42 bits per heavy atom. The Bertz CT molecular complexity index is 182. The van der Waals surface area contributed by atoms with E-state index in [1.165, 1.54) is 0 Å². The highest BCUT2D eigenvalue weighted by molar-refractivity contribution is 5.83. The van der Waals surface area contributed by atoms with E-state index in [9.17, 15) is 4.79 Å². The highest BCUT2D eigenvalue weighted by atomic mass is 16.1. The zero-order chi connectivity index (χ0) is 9.61. The molecule has 0 aliphatic carbocycles. The number of Topliss-reactive ketones (excluding diaryl/α,β-unsaturated/α-hetero) is 1. The van der Waals surface area contributed by atoms with Crippen LogP contribution in [0.1, 0.15) is 33.6 Å². The van der Waals surface area contributed by atoms with Gasteiger partial charge in [0.05, 0.1) is 0 Å². The van der Waals surface area contributed by atoms with E-state index in [4.69, 9.17) is 0 Å². The SMILES string of the molecule is C=C/C=C/CCC(=O)C(C)(C)C. The molecule has 0 aliphatic heterocycles. The summed E-state index contributed by atoms with van der Waals surface area (Å²) in [7, 11) is 0. The molecule has 0 aromatic heterocycles. The normalized spacial score (nSPS) is 11.9. The van der Waals surface area contributed by atoms with Crippen LogP contribution in [0.3, 0.4) is 0 Å². The largest absolute Gasteiger partial charge is 0.299 e. The number of allylic oxidation sites excluding steroid dienone is 3. The fraction of sp³-hybridized carbons (Fsp3) is 0.545. The lowest BCUT2D eigenvalue weighted by atomic mass is 9.88. The first-order valence-corrected chi connectivity index (χ1v) is 4.29. The number of hydrogen-bond acceptors (Lipinski definition) is 1. The average molecular weight is 166 g/mol. The van der Waals surface area contributed by atoms with Gasteiger partial charge in [0, 0.05) is 11.8 Å². The van der Waals surface area contributed by atoms with Crippen LogP contribution in [0.25, 0.3) is 0 Å². The van der Waals surface area contributed by atoms with E-state index >= 15 is 0 Å². The van der Waals surface area contributed by atoms with Gasteiger partial charge in [0.1, 0.15) is 5.78 Å². The van der Waals surface area contributed by atoms with Gasteiger partial charge in [-0.25, -0.2) is 0 Å². The Morgan fingerprint density at radius 1 is 1.42 bits per heavy atom. The van der Waals surface area contributed by atoms with Crippen molar-refractivity contribution >= 4 is 5.78 Å². The lowest BCUT2D eigenvalue weighted by molar-refractivity contribution is -0.126. The van der Waals surface area contributed by atoms with E-state index in [-0.39, 0.29) is 5.41 Å². The van der Waals surface area contributed by atoms with Crippen LogP contribution in [0.15, 0.2) is 24.8 Å². The first-order valence-electron chi connectivity index (χ1n) is 4.29. The third-order valence-corrected chi connectivity index (χ3v) is 1.65. The Labute approximate surface area is 75.2 Å². The van der Waals surface area contributed by atoms with Crippen molar-refractivity contribution in [1.29, 1.82) is 0 Å². The van der Waals surface area contributed by atoms with Crippen LogP contribution < -0.4 is 0 Å². The molecule has 0 N–H and O–H groups in total. The zero-order valence-corrected chi connectivity index (χ0v) is 8.26. The van der Waals surface area contributed by atoms with E-state index in [1.54, 1.807) is 6.08 Å². The van der Waals surface area contributed by atoms with Gasteiger partial charge < -0.3 is 0 Å². The lowest BCUT2D eigenvalue weighted by Crippen LogP contribution is -2.19. The molecule has 0 aromatic rings. The fourth-order valence-corrected chi connectivity index (χ4v) is 0.782. The highest BCUT2D eigenvalue weighted by Crippen LogP contribution is 2.17. The van der Waals surface area contributed by atoms with Crippen molar-refractivity contribution in [3.05, 3.63) is 24.8 Å². The molecule has 68 valence electrons. The van der Waals surface area contributed by atoms with Crippen molar-refractivity contribution in [3.63, 3.8) is 0 Å². The molecule has 0 rings (SSSR count). The van der Waals surface area contributed by atoms with E-state index in [1.807, 2.05) is 32.9 Å². The van der Waals surface area contributed by atoms with Crippen molar-refractivity contribution in [1.82, 2.24) is 0 Å². The molecule has 0 fully saturated rings. The Hall–Kier alpha value is -0.850. The van der Waals surface area contributed by atoms with E-state index in [0.29, 0.717) is 12.2 Å². The summed E-state index contributed by atoms with van der Waals surface area (Å²) in [5, 5.41) is 0. The van der Waals surface area contributed by atoms with Gasteiger partial charge >= 0.3 is 0 Å². The minimum atomic E-state index is -0.192. The molecule has 0 amide bonds. The molecule has 0 radical (unpaired) electrons. The smallest absolute Gasteiger partial charge is 0.138 e. The Balaban J connectivity index is 3.73. The van der Waals surface area contributed by atoms with Crippen LogP contribution in [0.4, 0.5) is 0 Å². The van der Waals surface area contributed by atoms with Crippen molar-refractivity contribution in [2.75, 3.05) is 0 Å². The molecular formula is C11H18O. The molecular weight excluding hydrogens is 148 g/mol. The first-order chi connectivity index (χ1) is 5.48. The summed E-state index contributed by atoms with van der Waals surface area (Å²) in [6.07, 6.45) is 7.02. The number of hydrogen-bond donors (Lipinski definition) is 0. The zero-order valence-electron chi connectivity index (χ0n) is 8.26. The highest BCUT2D eigenvalue weighted by Gasteiger charge is 2.19. The molecule has 0 saturated heterocycles. The van der Waals surface area contributed by atoms with Gasteiger partial charge in [0.25, 0.3) is 0 Å². The maximum absolute atomic E-state index is 11.4. The molecule has 0 spiro atoms. The van der Waals surface area contributed by atoms with Gasteiger partial charge in [-0.1, -0.05) is 45.6 Å². The predicted octanol–water partition coefficient (Wildman–Crippen LogP) is 3.12. The monoisotopic (exact) mass is 166 g/mol. The van der Waals surface area contributed by atoms with Crippen molar-refractivity contribution in [2.45, 2.75) is 33.6 Å². The maximum Gasteiger partial charge on any atom is 0.138 e. The molecule has 0 bridgehead atoms. The third kappa shape index (κ3) is 4.89. The molecule has 1 heteroatoms. The fourth-order valence-electron chi connectivity index (χ4n) is 0.782. The number of carbonyl (C=O) groups is 1. The molecule has 0 atom stereocenters. The van der Waals surface area contributed by atoms with Gasteiger partial charge in [-0.05, 0) is 6.42 Å². The summed E-state index contributed by atoms with van der Waals surface area (Å²) in [6, 6.07) is 0. The summed E-state index contributed by atoms with van der Waals surface area (Å²) in [6.45, 7) is 9.41. The molecule has 0 heterocycles. The second-order valence-corrected chi connectivity index (χ2v) is 3.88. The standard InChI is InChI=1S/C11H18O/c1-5-6-7-8-9-10(12)11(2,3)4/h5-7H,1,8-9H2,2-4H3/b7-6+. The quantitative estimate of drug-likeness (QED) is 0.586. The van der Waals surface area contributed by atoms with Crippen LogP contribution in [0.2, 0.25) is 0 Å². The Kier molecular flexibility index (Phi) is 4.57. The van der Waals surface area contributed by atoms with Crippen molar-refractivity contribution in [3.8, 4) is 0 Å². The lowest BCUT2D eigenvalue weighted by Gasteiger charge is -2.15. The molecule has 0 aromatic carbocycles. The molecule has 0 aliphatic rings. The topological polar surface area (TPSA) is 17.1 Å². The van der Waals surface area contributed by atoms with Gasteiger partial charge in [0.15, 0.2) is 0 Å². The van der Waals surface area contributed by atoms with Gasteiger partial charge in [-0.15, -0.1) is 0 Å². The van der Waals surface area contributed by atoms with Crippen LogP contribution >= 0.6 is 0 Å². The summed E-state index contributed by atoms with van der Waals surface area (Å²) in [4.78, 5) is 11.4. The number of ketones is 1. The molecule has 0 unspecified atom stereocenters. The molecule has 0 saturated carbocycles. The second kappa shape index (κ2) is 4.91.